The van der Waals surface area contributed by atoms with Crippen LogP contribution in [0.1, 0.15) is 40.0 Å². The maximum Gasteiger partial charge on any atom is 0.223 e. The highest BCUT2D eigenvalue weighted by atomic mass is 16.2. The van der Waals surface area contributed by atoms with E-state index >= 15 is 0 Å². The SMILES string of the molecule is CC1CNCCC1C(=O)NC1CCC(C)C1C. The fourth-order valence-electron chi connectivity index (χ4n) is 3.26. The topological polar surface area (TPSA) is 41.1 Å². The number of hydrogen-bond acceptors (Lipinski definition) is 2. The van der Waals surface area contributed by atoms with Gasteiger partial charge in [-0.25, -0.2) is 0 Å². The Balaban J connectivity index is 1.88. The van der Waals surface area contributed by atoms with Crippen molar-refractivity contribution in [2.75, 3.05) is 13.1 Å². The summed E-state index contributed by atoms with van der Waals surface area (Å²) in [4.78, 5) is 12.3. The lowest BCUT2D eigenvalue weighted by atomic mass is 9.86. The second-order valence-electron chi connectivity index (χ2n) is 6.11. The molecule has 1 aliphatic heterocycles. The monoisotopic (exact) mass is 238 g/mol. The lowest BCUT2D eigenvalue weighted by Crippen LogP contribution is -2.47. The molecule has 0 aromatic rings. The summed E-state index contributed by atoms with van der Waals surface area (Å²) >= 11 is 0. The number of rotatable bonds is 2. The molecule has 3 heteroatoms. The smallest absolute Gasteiger partial charge is 0.223 e. The van der Waals surface area contributed by atoms with E-state index in [-0.39, 0.29) is 5.92 Å². The molecule has 3 nitrogen and oxygen atoms in total. The molecular formula is C14H26N2O. The summed E-state index contributed by atoms with van der Waals surface area (Å²) in [5.74, 6) is 2.38. The predicted molar refractivity (Wildman–Crippen MR) is 69.6 cm³/mol. The second-order valence-corrected chi connectivity index (χ2v) is 6.11. The highest BCUT2D eigenvalue weighted by molar-refractivity contribution is 5.79. The summed E-state index contributed by atoms with van der Waals surface area (Å²) in [6, 6.07) is 0.416. The Morgan fingerprint density at radius 1 is 1.12 bits per heavy atom. The number of nitrogens with one attached hydrogen (secondary N) is 2. The number of carbonyl (C=O) groups is 1. The summed E-state index contributed by atoms with van der Waals surface area (Å²) in [6.07, 6.45) is 3.41. The van der Waals surface area contributed by atoms with Crippen LogP contribution in [0.25, 0.3) is 0 Å². The van der Waals surface area contributed by atoms with Crippen LogP contribution in [0.15, 0.2) is 0 Å². The zero-order valence-corrected chi connectivity index (χ0v) is 11.3. The fraction of sp³-hybridized carbons (Fsp3) is 0.929. The van der Waals surface area contributed by atoms with E-state index in [4.69, 9.17) is 0 Å². The van der Waals surface area contributed by atoms with E-state index in [0.29, 0.717) is 23.8 Å². The zero-order valence-electron chi connectivity index (χ0n) is 11.3. The molecule has 2 rings (SSSR count). The van der Waals surface area contributed by atoms with Crippen LogP contribution < -0.4 is 10.6 Å². The molecule has 1 aliphatic carbocycles. The Kier molecular flexibility index (Phi) is 4.08. The van der Waals surface area contributed by atoms with E-state index in [9.17, 15) is 4.79 Å². The summed E-state index contributed by atoms with van der Waals surface area (Å²) in [7, 11) is 0. The first kappa shape index (κ1) is 12.9. The molecule has 0 aromatic carbocycles. The molecule has 5 atom stereocenters. The van der Waals surface area contributed by atoms with Crippen molar-refractivity contribution >= 4 is 5.91 Å². The number of piperidine rings is 1. The van der Waals surface area contributed by atoms with Crippen LogP contribution in [0.4, 0.5) is 0 Å². The number of carbonyl (C=O) groups excluding carboxylic acids is 1. The van der Waals surface area contributed by atoms with Crippen molar-refractivity contribution in [3.8, 4) is 0 Å². The molecule has 5 unspecified atom stereocenters. The van der Waals surface area contributed by atoms with Gasteiger partial charge in [-0.3, -0.25) is 4.79 Å². The molecule has 2 N–H and O–H groups in total. The van der Waals surface area contributed by atoms with Gasteiger partial charge < -0.3 is 10.6 Å². The fourth-order valence-corrected chi connectivity index (χ4v) is 3.26. The van der Waals surface area contributed by atoms with Gasteiger partial charge in [-0.05, 0) is 50.1 Å². The summed E-state index contributed by atoms with van der Waals surface area (Å²) < 4.78 is 0. The molecule has 1 amide bonds. The van der Waals surface area contributed by atoms with Crippen LogP contribution in [0, 0.1) is 23.7 Å². The van der Waals surface area contributed by atoms with Crippen molar-refractivity contribution in [2.24, 2.45) is 23.7 Å². The van der Waals surface area contributed by atoms with Crippen LogP contribution in [-0.4, -0.2) is 25.0 Å². The first-order chi connectivity index (χ1) is 8.09. The van der Waals surface area contributed by atoms with Crippen molar-refractivity contribution < 1.29 is 4.79 Å². The van der Waals surface area contributed by atoms with Crippen LogP contribution in [0.3, 0.4) is 0 Å². The van der Waals surface area contributed by atoms with Crippen molar-refractivity contribution in [2.45, 2.75) is 46.1 Å². The van der Waals surface area contributed by atoms with Crippen LogP contribution in [-0.2, 0) is 4.79 Å². The first-order valence-electron chi connectivity index (χ1n) is 7.10. The van der Waals surface area contributed by atoms with Gasteiger partial charge in [0.1, 0.15) is 0 Å². The average Bonchev–Trinajstić information content (AvgIpc) is 2.61. The Morgan fingerprint density at radius 2 is 1.88 bits per heavy atom. The second kappa shape index (κ2) is 5.38. The number of amides is 1. The molecule has 0 bridgehead atoms. The zero-order chi connectivity index (χ0) is 12.4. The van der Waals surface area contributed by atoms with E-state index in [0.717, 1.165) is 31.8 Å². The molecule has 2 fully saturated rings. The van der Waals surface area contributed by atoms with Crippen molar-refractivity contribution in [3.63, 3.8) is 0 Å². The molecule has 0 radical (unpaired) electrons. The molecule has 98 valence electrons. The van der Waals surface area contributed by atoms with Crippen molar-refractivity contribution in [1.82, 2.24) is 10.6 Å². The van der Waals surface area contributed by atoms with Gasteiger partial charge in [-0.2, -0.15) is 0 Å². The van der Waals surface area contributed by atoms with E-state index in [1.165, 1.54) is 6.42 Å². The number of hydrogen-bond donors (Lipinski definition) is 2. The van der Waals surface area contributed by atoms with Crippen LogP contribution in [0.5, 0.6) is 0 Å². The van der Waals surface area contributed by atoms with Gasteiger partial charge in [0.2, 0.25) is 5.91 Å². The minimum absolute atomic E-state index is 0.222. The Morgan fingerprint density at radius 3 is 2.47 bits per heavy atom. The standard InChI is InChI=1S/C14H26N2O/c1-9-4-5-13(11(9)3)16-14(17)12-6-7-15-8-10(12)2/h9-13,15H,4-8H2,1-3H3,(H,16,17). The van der Waals surface area contributed by atoms with Gasteiger partial charge in [0.05, 0.1) is 0 Å². The van der Waals surface area contributed by atoms with Crippen LogP contribution in [0.2, 0.25) is 0 Å². The molecule has 17 heavy (non-hydrogen) atoms. The summed E-state index contributed by atoms with van der Waals surface area (Å²) in [5, 5.41) is 6.64. The van der Waals surface area contributed by atoms with E-state index in [2.05, 4.69) is 31.4 Å². The summed E-state index contributed by atoms with van der Waals surface area (Å²) in [5.41, 5.74) is 0. The van der Waals surface area contributed by atoms with Gasteiger partial charge in [0.15, 0.2) is 0 Å². The van der Waals surface area contributed by atoms with Gasteiger partial charge >= 0.3 is 0 Å². The van der Waals surface area contributed by atoms with Crippen molar-refractivity contribution in [1.29, 1.82) is 0 Å². The lowest BCUT2D eigenvalue weighted by Gasteiger charge is -2.30. The van der Waals surface area contributed by atoms with Gasteiger partial charge in [-0.15, -0.1) is 0 Å². The third kappa shape index (κ3) is 2.82. The van der Waals surface area contributed by atoms with E-state index < -0.39 is 0 Å². The maximum absolute atomic E-state index is 12.3. The Hall–Kier alpha value is -0.570. The molecule has 2 aliphatic rings. The molecule has 0 spiro atoms. The largest absolute Gasteiger partial charge is 0.353 e. The highest BCUT2D eigenvalue weighted by Crippen LogP contribution is 2.31. The third-order valence-corrected chi connectivity index (χ3v) is 4.92. The maximum atomic E-state index is 12.3. The summed E-state index contributed by atoms with van der Waals surface area (Å²) in [6.45, 7) is 8.71. The average molecular weight is 238 g/mol. The molecule has 1 saturated heterocycles. The highest BCUT2D eigenvalue weighted by Gasteiger charge is 2.34. The Bertz CT molecular complexity index is 279. The molecule has 1 saturated carbocycles. The first-order valence-corrected chi connectivity index (χ1v) is 7.10. The molecule has 1 heterocycles. The van der Waals surface area contributed by atoms with Crippen molar-refractivity contribution in [3.05, 3.63) is 0 Å². The normalized spacial score (nSPS) is 42.4. The van der Waals surface area contributed by atoms with E-state index in [1.54, 1.807) is 0 Å². The molecular weight excluding hydrogens is 212 g/mol. The van der Waals surface area contributed by atoms with Gasteiger partial charge in [0.25, 0.3) is 0 Å². The predicted octanol–water partition coefficient (Wildman–Crippen LogP) is 1.78. The van der Waals surface area contributed by atoms with E-state index in [1.807, 2.05) is 0 Å². The van der Waals surface area contributed by atoms with Gasteiger partial charge in [0, 0.05) is 12.0 Å². The quantitative estimate of drug-likeness (QED) is 0.770. The minimum Gasteiger partial charge on any atom is -0.353 e. The van der Waals surface area contributed by atoms with Gasteiger partial charge in [-0.1, -0.05) is 20.8 Å². The molecule has 0 aromatic heterocycles. The van der Waals surface area contributed by atoms with Crippen LogP contribution >= 0.6 is 0 Å². The lowest BCUT2D eigenvalue weighted by molar-refractivity contribution is -0.128. The third-order valence-electron chi connectivity index (χ3n) is 4.92. The minimum atomic E-state index is 0.222. The Labute approximate surface area is 105 Å².